The van der Waals surface area contributed by atoms with Gasteiger partial charge in [-0.2, -0.15) is 0 Å². The summed E-state index contributed by atoms with van der Waals surface area (Å²) < 4.78 is 1.52. The number of nitrogens with zero attached hydrogens (tertiary/aromatic N) is 4. The Morgan fingerprint density at radius 3 is 2.89 bits per heavy atom. The summed E-state index contributed by atoms with van der Waals surface area (Å²) in [4.78, 5) is 18.5. The van der Waals surface area contributed by atoms with Crippen molar-refractivity contribution in [2.24, 2.45) is 0 Å². The number of fused-ring (bicyclic) bond motifs is 1. The largest absolute Gasteiger partial charge is 0.476 e. The number of carboxylic acids is 1. The van der Waals surface area contributed by atoms with Crippen LogP contribution in [0.15, 0.2) is 24.3 Å². The second kappa shape index (κ2) is 4.20. The summed E-state index contributed by atoms with van der Waals surface area (Å²) in [6.45, 7) is 2.03. The number of H-pyrrole nitrogens is 1. The summed E-state index contributed by atoms with van der Waals surface area (Å²) in [6, 6.07) is 7.68. The van der Waals surface area contributed by atoms with E-state index in [0.29, 0.717) is 18.1 Å². The van der Waals surface area contributed by atoms with Gasteiger partial charge in [0.15, 0.2) is 5.69 Å². The zero-order valence-electron chi connectivity index (χ0n) is 10.2. The van der Waals surface area contributed by atoms with Gasteiger partial charge in [-0.25, -0.2) is 14.5 Å². The first-order valence-corrected chi connectivity index (χ1v) is 5.72. The van der Waals surface area contributed by atoms with Gasteiger partial charge in [0.05, 0.1) is 16.7 Å². The molecule has 0 atom stereocenters. The number of aromatic amines is 1. The van der Waals surface area contributed by atoms with Crippen LogP contribution in [0.3, 0.4) is 0 Å². The van der Waals surface area contributed by atoms with E-state index in [1.807, 2.05) is 24.3 Å². The Labute approximate surface area is 107 Å². The number of hydrogen-bond donors (Lipinski definition) is 2. The van der Waals surface area contributed by atoms with Crippen LogP contribution in [0.2, 0.25) is 0 Å². The highest BCUT2D eigenvalue weighted by atomic mass is 16.4. The van der Waals surface area contributed by atoms with E-state index in [4.69, 9.17) is 5.11 Å². The van der Waals surface area contributed by atoms with Gasteiger partial charge < -0.3 is 10.1 Å². The molecule has 2 heterocycles. The molecule has 0 fully saturated rings. The number of benzene rings is 1. The minimum atomic E-state index is -1.08. The van der Waals surface area contributed by atoms with Crippen molar-refractivity contribution < 1.29 is 9.90 Å². The van der Waals surface area contributed by atoms with Crippen molar-refractivity contribution in [3.63, 3.8) is 0 Å². The van der Waals surface area contributed by atoms with Crippen molar-refractivity contribution >= 4 is 17.0 Å². The van der Waals surface area contributed by atoms with Crippen molar-refractivity contribution in [1.29, 1.82) is 0 Å². The number of rotatable bonds is 3. The van der Waals surface area contributed by atoms with Crippen LogP contribution in [0.25, 0.3) is 11.0 Å². The Morgan fingerprint density at radius 2 is 2.21 bits per heavy atom. The summed E-state index contributed by atoms with van der Waals surface area (Å²) in [5, 5.41) is 16.4. The highest BCUT2D eigenvalue weighted by molar-refractivity contribution is 5.86. The molecule has 1 aromatic carbocycles. The third kappa shape index (κ3) is 1.95. The average Bonchev–Trinajstić information content (AvgIpc) is 2.94. The van der Waals surface area contributed by atoms with E-state index >= 15 is 0 Å². The molecule has 0 aliphatic heterocycles. The van der Waals surface area contributed by atoms with Crippen LogP contribution in [-0.4, -0.2) is 36.0 Å². The molecule has 96 valence electrons. The normalized spacial score (nSPS) is 11.0. The van der Waals surface area contributed by atoms with Gasteiger partial charge in [-0.3, -0.25) is 0 Å². The van der Waals surface area contributed by atoms with Gasteiger partial charge >= 0.3 is 5.97 Å². The Balaban J connectivity index is 1.94. The maximum atomic E-state index is 10.9. The number of nitrogens with one attached hydrogen (secondary N) is 1. The number of carboxylic acid groups (broad SMARTS) is 1. The third-order valence-electron chi connectivity index (χ3n) is 2.92. The lowest BCUT2D eigenvalue weighted by molar-refractivity contribution is 0.0689. The predicted octanol–water partition coefficient (Wildman–Crippen LogP) is 1.21. The van der Waals surface area contributed by atoms with Crippen LogP contribution in [-0.2, 0) is 6.54 Å². The fourth-order valence-electron chi connectivity index (χ4n) is 1.93. The lowest BCUT2D eigenvalue weighted by Gasteiger charge is -1.99. The molecule has 0 unspecified atom stereocenters. The monoisotopic (exact) mass is 257 g/mol. The van der Waals surface area contributed by atoms with Gasteiger partial charge in [0, 0.05) is 0 Å². The smallest absolute Gasteiger partial charge is 0.358 e. The molecule has 3 rings (SSSR count). The Hall–Kier alpha value is -2.70. The maximum absolute atomic E-state index is 10.9. The van der Waals surface area contributed by atoms with Crippen LogP contribution in [0, 0.1) is 6.92 Å². The van der Waals surface area contributed by atoms with Crippen molar-refractivity contribution in [3.05, 3.63) is 41.5 Å². The minimum Gasteiger partial charge on any atom is -0.476 e. The number of aromatic nitrogens is 5. The molecule has 2 aromatic heterocycles. The molecule has 0 aliphatic carbocycles. The molecule has 3 aromatic rings. The molecule has 0 aliphatic rings. The summed E-state index contributed by atoms with van der Waals surface area (Å²) >= 11 is 0. The third-order valence-corrected chi connectivity index (χ3v) is 2.92. The van der Waals surface area contributed by atoms with E-state index in [2.05, 4.69) is 20.3 Å². The van der Waals surface area contributed by atoms with Crippen LogP contribution in [0.1, 0.15) is 22.0 Å². The topological polar surface area (TPSA) is 96.7 Å². The van der Waals surface area contributed by atoms with Gasteiger partial charge in [0.1, 0.15) is 12.4 Å². The van der Waals surface area contributed by atoms with Gasteiger partial charge in [-0.1, -0.05) is 17.3 Å². The lowest BCUT2D eigenvalue weighted by Crippen LogP contribution is -2.07. The predicted molar refractivity (Wildman–Crippen MR) is 66.9 cm³/mol. The quantitative estimate of drug-likeness (QED) is 0.735. The van der Waals surface area contributed by atoms with E-state index < -0.39 is 5.97 Å². The van der Waals surface area contributed by atoms with E-state index in [1.165, 1.54) is 4.68 Å². The molecule has 0 saturated carbocycles. The SMILES string of the molecule is Cc1c(C(=O)O)nnn1Cc1nc2ccccc2[nH]1. The number of aromatic carboxylic acids is 1. The minimum absolute atomic E-state index is 0.0314. The van der Waals surface area contributed by atoms with Crippen molar-refractivity contribution in [1.82, 2.24) is 25.0 Å². The maximum Gasteiger partial charge on any atom is 0.358 e. The molecule has 0 amide bonds. The first kappa shape index (κ1) is 11.4. The van der Waals surface area contributed by atoms with E-state index in [-0.39, 0.29) is 5.69 Å². The highest BCUT2D eigenvalue weighted by Gasteiger charge is 2.15. The second-order valence-electron chi connectivity index (χ2n) is 4.19. The first-order chi connectivity index (χ1) is 9.15. The van der Waals surface area contributed by atoms with Crippen molar-refractivity contribution in [2.45, 2.75) is 13.5 Å². The number of hydrogen-bond acceptors (Lipinski definition) is 4. The fourth-order valence-corrected chi connectivity index (χ4v) is 1.93. The standard InChI is InChI=1S/C12H11N5O2/c1-7-11(12(18)19)15-16-17(7)6-10-13-8-4-2-3-5-9(8)14-10/h2-5H,6H2,1H3,(H,13,14)(H,18,19). The van der Waals surface area contributed by atoms with Gasteiger partial charge in [-0.15, -0.1) is 5.10 Å². The molecule has 7 nitrogen and oxygen atoms in total. The zero-order chi connectivity index (χ0) is 13.4. The summed E-state index contributed by atoms with van der Waals surface area (Å²) in [7, 11) is 0. The summed E-state index contributed by atoms with van der Waals surface area (Å²) in [6.07, 6.45) is 0. The Kier molecular flexibility index (Phi) is 2.52. The average molecular weight is 257 g/mol. The molecule has 19 heavy (non-hydrogen) atoms. The molecule has 2 N–H and O–H groups in total. The van der Waals surface area contributed by atoms with E-state index in [9.17, 15) is 4.79 Å². The summed E-state index contributed by atoms with van der Waals surface area (Å²) in [5.41, 5.74) is 2.28. The molecule has 0 saturated heterocycles. The van der Waals surface area contributed by atoms with Crippen LogP contribution in [0.5, 0.6) is 0 Å². The molecule has 0 radical (unpaired) electrons. The van der Waals surface area contributed by atoms with Crippen LogP contribution >= 0.6 is 0 Å². The van der Waals surface area contributed by atoms with Gasteiger partial charge in [-0.05, 0) is 19.1 Å². The van der Waals surface area contributed by atoms with Crippen LogP contribution in [0.4, 0.5) is 0 Å². The van der Waals surface area contributed by atoms with Gasteiger partial charge in [0.2, 0.25) is 0 Å². The van der Waals surface area contributed by atoms with Crippen LogP contribution < -0.4 is 0 Å². The summed E-state index contributed by atoms with van der Waals surface area (Å²) in [5.74, 6) is -0.362. The van der Waals surface area contributed by atoms with Crippen molar-refractivity contribution in [2.75, 3.05) is 0 Å². The van der Waals surface area contributed by atoms with E-state index in [0.717, 1.165) is 11.0 Å². The molecular weight excluding hydrogens is 246 g/mol. The molecular formula is C12H11N5O2. The highest BCUT2D eigenvalue weighted by Crippen LogP contribution is 2.12. The van der Waals surface area contributed by atoms with E-state index in [1.54, 1.807) is 6.92 Å². The first-order valence-electron chi connectivity index (χ1n) is 5.72. The second-order valence-corrected chi connectivity index (χ2v) is 4.19. The number of carbonyl (C=O) groups is 1. The molecule has 7 heteroatoms. The number of para-hydroxylation sites is 2. The van der Waals surface area contributed by atoms with Crippen molar-refractivity contribution in [3.8, 4) is 0 Å². The fraction of sp³-hybridized carbons (Fsp3) is 0.167. The molecule has 0 spiro atoms. The Bertz CT molecular complexity index is 725. The number of imidazole rings is 1. The zero-order valence-corrected chi connectivity index (χ0v) is 10.2. The Morgan fingerprint density at radius 1 is 1.42 bits per heavy atom. The molecule has 0 bridgehead atoms. The lowest BCUT2D eigenvalue weighted by atomic mass is 10.3. The van der Waals surface area contributed by atoms with Gasteiger partial charge in [0.25, 0.3) is 0 Å².